The molecule has 0 radical (unpaired) electrons. The summed E-state index contributed by atoms with van der Waals surface area (Å²) in [6.07, 6.45) is 0.497. The van der Waals surface area contributed by atoms with E-state index in [1.165, 1.54) is 0 Å². The van der Waals surface area contributed by atoms with Gasteiger partial charge >= 0.3 is 0 Å². The Morgan fingerprint density at radius 1 is 0.900 bits per heavy atom. The number of furan rings is 1. The van der Waals surface area contributed by atoms with Crippen molar-refractivity contribution in [3.05, 3.63) is 95.4 Å². The molecular formula is C25H23NO4. The Morgan fingerprint density at radius 2 is 1.73 bits per heavy atom. The van der Waals surface area contributed by atoms with E-state index in [2.05, 4.69) is 23.5 Å². The lowest BCUT2D eigenvalue weighted by atomic mass is 10.0. The summed E-state index contributed by atoms with van der Waals surface area (Å²) in [5, 5.41) is 5.23. The molecule has 0 unspecified atom stereocenters. The third-order valence-corrected chi connectivity index (χ3v) is 5.06. The summed E-state index contributed by atoms with van der Waals surface area (Å²) in [6.45, 7) is 0.430. The van der Waals surface area contributed by atoms with Crippen LogP contribution < -0.4 is 14.8 Å². The molecule has 152 valence electrons. The van der Waals surface area contributed by atoms with Crippen LogP contribution >= 0.6 is 0 Å². The maximum absolute atomic E-state index is 12.6. The van der Waals surface area contributed by atoms with Crippen molar-refractivity contribution < 1.29 is 18.7 Å². The molecule has 0 atom stereocenters. The van der Waals surface area contributed by atoms with Crippen LogP contribution in [0, 0.1) is 0 Å². The summed E-state index contributed by atoms with van der Waals surface area (Å²) in [5.74, 6) is 2.20. The van der Waals surface area contributed by atoms with Crippen LogP contribution in [0.25, 0.3) is 10.8 Å². The number of methoxy groups -OCH3 is 2. The van der Waals surface area contributed by atoms with Crippen LogP contribution in [0.1, 0.15) is 27.4 Å². The normalized spacial score (nSPS) is 10.7. The molecule has 1 N–H and O–H groups in total. The number of fused-ring (bicyclic) bond motifs is 1. The third kappa shape index (κ3) is 4.15. The van der Waals surface area contributed by atoms with Crippen molar-refractivity contribution in [3.8, 4) is 11.5 Å². The smallest absolute Gasteiger partial charge is 0.287 e. The van der Waals surface area contributed by atoms with Crippen molar-refractivity contribution in [2.75, 3.05) is 14.2 Å². The van der Waals surface area contributed by atoms with Gasteiger partial charge < -0.3 is 19.2 Å². The van der Waals surface area contributed by atoms with Crippen LogP contribution in [-0.2, 0) is 13.0 Å². The maximum Gasteiger partial charge on any atom is 0.287 e. The van der Waals surface area contributed by atoms with Gasteiger partial charge in [0.2, 0.25) is 0 Å². The maximum atomic E-state index is 12.6. The highest BCUT2D eigenvalue weighted by Crippen LogP contribution is 2.27. The lowest BCUT2D eigenvalue weighted by molar-refractivity contribution is 0.0921. The van der Waals surface area contributed by atoms with E-state index in [-0.39, 0.29) is 11.7 Å². The van der Waals surface area contributed by atoms with E-state index in [1.807, 2.05) is 48.5 Å². The first-order valence-electron chi connectivity index (χ1n) is 9.72. The number of hydrogen-bond donors (Lipinski definition) is 1. The van der Waals surface area contributed by atoms with E-state index in [1.54, 1.807) is 20.3 Å². The molecule has 4 rings (SSSR count). The molecule has 0 bridgehead atoms. The summed E-state index contributed by atoms with van der Waals surface area (Å²) in [7, 11) is 3.25. The number of hydrogen-bond acceptors (Lipinski definition) is 4. The zero-order valence-corrected chi connectivity index (χ0v) is 17.0. The Hall–Kier alpha value is -3.73. The minimum absolute atomic E-state index is 0.244. The highest BCUT2D eigenvalue weighted by molar-refractivity contribution is 5.92. The van der Waals surface area contributed by atoms with Gasteiger partial charge in [0.25, 0.3) is 5.91 Å². The van der Waals surface area contributed by atoms with Gasteiger partial charge in [0.05, 0.1) is 14.2 Å². The fourth-order valence-corrected chi connectivity index (χ4v) is 3.51. The van der Waals surface area contributed by atoms with Crippen LogP contribution in [0.2, 0.25) is 0 Å². The molecule has 0 fully saturated rings. The summed E-state index contributed by atoms with van der Waals surface area (Å²) in [6, 6.07) is 23.3. The SMILES string of the molecule is COc1ccc(OC)c(Cc2ccc(C(=O)NCc3cccc4ccccc34)o2)c1. The predicted molar refractivity (Wildman–Crippen MR) is 116 cm³/mol. The molecule has 0 aliphatic carbocycles. The van der Waals surface area contributed by atoms with Gasteiger partial charge in [-0.1, -0.05) is 42.5 Å². The lowest BCUT2D eigenvalue weighted by Crippen LogP contribution is -2.22. The van der Waals surface area contributed by atoms with Gasteiger partial charge in [0.15, 0.2) is 5.76 Å². The van der Waals surface area contributed by atoms with E-state index < -0.39 is 0 Å². The average Bonchev–Trinajstić information content (AvgIpc) is 3.26. The molecule has 5 nitrogen and oxygen atoms in total. The molecule has 1 heterocycles. The Labute approximate surface area is 175 Å². The Morgan fingerprint density at radius 3 is 2.57 bits per heavy atom. The lowest BCUT2D eigenvalue weighted by Gasteiger charge is -2.09. The number of rotatable bonds is 7. The monoisotopic (exact) mass is 401 g/mol. The van der Waals surface area contributed by atoms with Gasteiger partial charge in [-0.05, 0) is 46.7 Å². The van der Waals surface area contributed by atoms with Crippen molar-refractivity contribution in [1.29, 1.82) is 0 Å². The van der Waals surface area contributed by atoms with Gasteiger partial charge in [-0.25, -0.2) is 0 Å². The van der Waals surface area contributed by atoms with E-state index >= 15 is 0 Å². The van der Waals surface area contributed by atoms with Crippen LogP contribution in [0.4, 0.5) is 0 Å². The number of nitrogens with one attached hydrogen (secondary N) is 1. The Bertz CT molecular complexity index is 1170. The number of ether oxygens (including phenoxy) is 2. The summed E-state index contributed by atoms with van der Waals surface area (Å²) < 4.78 is 16.5. The molecule has 0 aliphatic rings. The minimum atomic E-state index is -0.244. The van der Waals surface area contributed by atoms with E-state index in [9.17, 15) is 4.79 Å². The van der Waals surface area contributed by atoms with Gasteiger partial charge in [0, 0.05) is 18.5 Å². The van der Waals surface area contributed by atoms with Gasteiger partial charge in [0.1, 0.15) is 17.3 Å². The van der Waals surface area contributed by atoms with Gasteiger partial charge in [-0.15, -0.1) is 0 Å². The highest BCUT2D eigenvalue weighted by atomic mass is 16.5. The van der Waals surface area contributed by atoms with E-state index in [0.717, 1.165) is 33.4 Å². The standard InChI is InChI=1S/C25H23NO4/c1-28-20-10-12-23(29-2)19(14-20)15-21-11-13-24(30-21)25(27)26-16-18-8-5-7-17-6-3-4-9-22(17)18/h3-14H,15-16H2,1-2H3,(H,26,27). The van der Waals surface area contributed by atoms with E-state index in [4.69, 9.17) is 13.9 Å². The quantitative estimate of drug-likeness (QED) is 0.475. The van der Waals surface area contributed by atoms with Crippen LogP contribution in [0.5, 0.6) is 11.5 Å². The summed E-state index contributed by atoms with van der Waals surface area (Å²) in [4.78, 5) is 12.6. The van der Waals surface area contributed by atoms with E-state index in [0.29, 0.717) is 18.7 Å². The molecule has 1 aromatic heterocycles. The fraction of sp³-hybridized carbons (Fsp3) is 0.160. The van der Waals surface area contributed by atoms with Crippen molar-refractivity contribution in [3.63, 3.8) is 0 Å². The predicted octanol–water partition coefficient (Wildman–Crippen LogP) is 4.97. The fourth-order valence-electron chi connectivity index (χ4n) is 3.51. The molecule has 0 spiro atoms. The summed E-state index contributed by atoms with van der Waals surface area (Å²) >= 11 is 0. The van der Waals surface area contributed by atoms with Crippen LogP contribution in [0.15, 0.2) is 77.2 Å². The molecule has 1 amide bonds. The first-order valence-corrected chi connectivity index (χ1v) is 9.72. The molecular weight excluding hydrogens is 378 g/mol. The van der Waals surface area contributed by atoms with Gasteiger partial charge in [-0.3, -0.25) is 4.79 Å². The van der Waals surface area contributed by atoms with Crippen molar-refractivity contribution in [2.24, 2.45) is 0 Å². The Balaban J connectivity index is 1.46. The first-order chi connectivity index (χ1) is 14.7. The molecule has 30 heavy (non-hydrogen) atoms. The molecule has 3 aromatic carbocycles. The van der Waals surface area contributed by atoms with Crippen molar-refractivity contribution >= 4 is 16.7 Å². The second kappa shape index (κ2) is 8.74. The van der Waals surface area contributed by atoms with Gasteiger partial charge in [-0.2, -0.15) is 0 Å². The molecule has 4 aromatic rings. The molecule has 5 heteroatoms. The average molecular weight is 401 g/mol. The highest BCUT2D eigenvalue weighted by Gasteiger charge is 2.14. The largest absolute Gasteiger partial charge is 0.497 e. The van der Waals surface area contributed by atoms with Crippen LogP contribution in [-0.4, -0.2) is 20.1 Å². The minimum Gasteiger partial charge on any atom is -0.497 e. The number of carbonyl (C=O) groups is 1. The molecule has 0 saturated heterocycles. The number of benzene rings is 3. The zero-order chi connectivity index (χ0) is 20.9. The molecule has 0 saturated carbocycles. The second-order valence-corrected chi connectivity index (χ2v) is 6.94. The second-order valence-electron chi connectivity index (χ2n) is 6.94. The Kier molecular flexibility index (Phi) is 5.70. The van der Waals surface area contributed by atoms with Crippen molar-refractivity contribution in [2.45, 2.75) is 13.0 Å². The number of carbonyl (C=O) groups excluding carboxylic acids is 1. The van der Waals surface area contributed by atoms with Crippen LogP contribution in [0.3, 0.4) is 0 Å². The first kappa shape index (κ1) is 19.6. The topological polar surface area (TPSA) is 60.7 Å². The zero-order valence-electron chi connectivity index (χ0n) is 17.0. The van der Waals surface area contributed by atoms with Crippen molar-refractivity contribution in [1.82, 2.24) is 5.32 Å². The number of amides is 1. The molecule has 0 aliphatic heterocycles. The summed E-state index contributed by atoms with van der Waals surface area (Å²) in [5.41, 5.74) is 1.99. The third-order valence-electron chi connectivity index (χ3n) is 5.06.